The summed E-state index contributed by atoms with van der Waals surface area (Å²) in [6.45, 7) is 5.90. The molecule has 0 amide bonds. The zero-order chi connectivity index (χ0) is 24.6. The van der Waals surface area contributed by atoms with Gasteiger partial charge in [0.15, 0.2) is 0 Å². The van der Waals surface area contributed by atoms with E-state index in [1.165, 1.54) is 22.3 Å². The molecule has 6 heteroatoms. The molecule has 0 bridgehead atoms. The number of benzene rings is 2. The van der Waals surface area contributed by atoms with Gasteiger partial charge >= 0.3 is 5.97 Å². The van der Waals surface area contributed by atoms with E-state index >= 15 is 0 Å². The van der Waals surface area contributed by atoms with Crippen LogP contribution in [0.4, 0.5) is 5.82 Å². The number of hydrogen-bond donors (Lipinski definition) is 0. The fourth-order valence-corrected chi connectivity index (χ4v) is 5.61. The van der Waals surface area contributed by atoms with E-state index < -0.39 is 0 Å². The Balaban J connectivity index is 1.42. The fraction of sp³-hybridized carbons (Fsp3) is 0.379. The van der Waals surface area contributed by atoms with E-state index in [4.69, 9.17) is 19.2 Å². The SMILES string of the molecule is CCOC(=O)[C@H]1[C@@H]2Cc3cc(N(Cc4ccc(OC)cc4)Cc4ccc(OC)cc4)ncc3[C@@]21C. The second-order valence-corrected chi connectivity index (χ2v) is 9.57. The number of rotatable bonds is 9. The minimum Gasteiger partial charge on any atom is -0.497 e. The highest BCUT2D eigenvalue weighted by molar-refractivity contribution is 5.81. The number of hydrogen-bond acceptors (Lipinski definition) is 6. The van der Waals surface area contributed by atoms with Gasteiger partial charge in [0.2, 0.25) is 0 Å². The molecule has 0 spiro atoms. The largest absolute Gasteiger partial charge is 0.497 e. The first-order valence-electron chi connectivity index (χ1n) is 12.1. The molecule has 5 rings (SSSR count). The lowest BCUT2D eigenvalue weighted by Crippen LogP contribution is -2.24. The Kier molecular flexibility index (Phi) is 6.13. The molecule has 0 radical (unpaired) electrons. The van der Waals surface area contributed by atoms with Crippen LogP contribution in [0.2, 0.25) is 0 Å². The summed E-state index contributed by atoms with van der Waals surface area (Å²) < 4.78 is 16.0. The maximum Gasteiger partial charge on any atom is 0.310 e. The van der Waals surface area contributed by atoms with Crippen molar-refractivity contribution in [1.29, 1.82) is 0 Å². The summed E-state index contributed by atoms with van der Waals surface area (Å²) in [4.78, 5) is 19.6. The molecule has 35 heavy (non-hydrogen) atoms. The molecule has 1 heterocycles. The van der Waals surface area contributed by atoms with Crippen LogP contribution in [0.3, 0.4) is 0 Å². The smallest absolute Gasteiger partial charge is 0.310 e. The van der Waals surface area contributed by atoms with Gasteiger partial charge in [-0.1, -0.05) is 31.2 Å². The van der Waals surface area contributed by atoms with Gasteiger partial charge in [0, 0.05) is 24.7 Å². The van der Waals surface area contributed by atoms with E-state index in [0.717, 1.165) is 23.7 Å². The van der Waals surface area contributed by atoms with Gasteiger partial charge in [-0.2, -0.15) is 0 Å². The maximum atomic E-state index is 12.4. The van der Waals surface area contributed by atoms with Gasteiger partial charge < -0.3 is 19.1 Å². The van der Waals surface area contributed by atoms with Crippen molar-refractivity contribution in [3.8, 4) is 11.5 Å². The van der Waals surface area contributed by atoms with Gasteiger partial charge in [-0.3, -0.25) is 4.79 Å². The van der Waals surface area contributed by atoms with Crippen LogP contribution in [0, 0.1) is 11.8 Å². The van der Waals surface area contributed by atoms with Crippen LogP contribution in [-0.4, -0.2) is 31.8 Å². The van der Waals surface area contributed by atoms with Crippen molar-refractivity contribution in [1.82, 2.24) is 4.98 Å². The van der Waals surface area contributed by atoms with E-state index in [9.17, 15) is 4.79 Å². The summed E-state index contributed by atoms with van der Waals surface area (Å²) in [5, 5.41) is 0. The Labute approximate surface area is 206 Å². The summed E-state index contributed by atoms with van der Waals surface area (Å²) in [5.41, 5.74) is 4.69. The molecule has 6 nitrogen and oxygen atoms in total. The Morgan fingerprint density at radius 1 is 1.00 bits per heavy atom. The quantitative estimate of drug-likeness (QED) is 0.412. The number of carbonyl (C=O) groups excluding carboxylic acids is 1. The van der Waals surface area contributed by atoms with Crippen molar-refractivity contribution < 1.29 is 19.0 Å². The standard InChI is InChI=1S/C29H32N2O4/c1-5-35-28(32)27-24-14-21-15-26(30-16-25(21)29(24,27)2)31(17-19-6-10-22(33-3)11-7-19)18-20-8-12-23(34-4)13-9-20/h6-13,15-16,24,27H,5,14,17-18H2,1-4H3/t24-,27+,29+/m0/s1. The highest BCUT2D eigenvalue weighted by Crippen LogP contribution is 2.66. The minimum absolute atomic E-state index is 0.0442. The number of carbonyl (C=O) groups is 1. The van der Waals surface area contributed by atoms with E-state index in [0.29, 0.717) is 25.6 Å². The van der Waals surface area contributed by atoms with Crippen molar-refractivity contribution in [2.75, 3.05) is 25.7 Å². The van der Waals surface area contributed by atoms with Gasteiger partial charge in [0.25, 0.3) is 0 Å². The molecule has 1 saturated carbocycles. The molecule has 1 aromatic heterocycles. The topological polar surface area (TPSA) is 60.9 Å². The molecule has 1 fully saturated rings. The Morgan fingerprint density at radius 2 is 1.57 bits per heavy atom. The van der Waals surface area contributed by atoms with Crippen molar-refractivity contribution in [3.63, 3.8) is 0 Å². The van der Waals surface area contributed by atoms with Crippen molar-refractivity contribution in [2.24, 2.45) is 11.8 Å². The van der Waals surface area contributed by atoms with Crippen LogP contribution in [0.15, 0.2) is 60.8 Å². The molecule has 2 aliphatic rings. The molecule has 0 N–H and O–H groups in total. The van der Waals surface area contributed by atoms with Crippen LogP contribution < -0.4 is 14.4 Å². The second-order valence-electron chi connectivity index (χ2n) is 9.57. The van der Waals surface area contributed by atoms with E-state index in [1.54, 1.807) is 14.2 Å². The molecular formula is C29H32N2O4. The molecule has 3 atom stereocenters. The molecule has 0 aliphatic heterocycles. The number of fused-ring (bicyclic) bond motifs is 3. The number of aromatic nitrogens is 1. The summed E-state index contributed by atoms with van der Waals surface area (Å²) in [7, 11) is 3.36. The predicted molar refractivity (Wildman–Crippen MR) is 135 cm³/mol. The van der Waals surface area contributed by atoms with Crippen LogP contribution in [0.25, 0.3) is 0 Å². The summed E-state index contributed by atoms with van der Waals surface area (Å²) >= 11 is 0. The molecule has 2 aliphatic carbocycles. The first-order valence-corrected chi connectivity index (χ1v) is 12.1. The van der Waals surface area contributed by atoms with Crippen molar-refractivity contribution in [2.45, 2.75) is 38.8 Å². The third-order valence-electron chi connectivity index (χ3n) is 7.63. The molecule has 0 saturated heterocycles. The van der Waals surface area contributed by atoms with Gasteiger partial charge in [-0.15, -0.1) is 0 Å². The van der Waals surface area contributed by atoms with Crippen LogP contribution in [0.1, 0.15) is 36.1 Å². The van der Waals surface area contributed by atoms with Gasteiger partial charge in [0.1, 0.15) is 17.3 Å². The normalized spacial score (nSPS) is 21.6. The summed E-state index contributed by atoms with van der Waals surface area (Å²) in [6.07, 6.45) is 2.88. The lowest BCUT2D eigenvalue weighted by Gasteiger charge is -2.26. The average molecular weight is 473 g/mol. The minimum atomic E-state index is -0.149. The Bertz CT molecular complexity index is 1160. The third-order valence-corrected chi connectivity index (χ3v) is 7.63. The molecule has 2 aromatic carbocycles. The average Bonchev–Trinajstić information content (AvgIpc) is 3.37. The molecule has 3 aromatic rings. The summed E-state index contributed by atoms with van der Waals surface area (Å²) in [5.74, 6) is 2.82. The predicted octanol–water partition coefficient (Wildman–Crippen LogP) is 4.93. The van der Waals surface area contributed by atoms with Crippen LogP contribution >= 0.6 is 0 Å². The number of anilines is 1. The number of esters is 1. The Morgan fingerprint density at radius 3 is 2.09 bits per heavy atom. The highest BCUT2D eigenvalue weighted by atomic mass is 16.5. The third kappa shape index (κ3) is 4.22. The number of pyridine rings is 1. The van der Waals surface area contributed by atoms with E-state index in [2.05, 4.69) is 42.2 Å². The second kappa shape index (κ2) is 9.25. The molecule has 182 valence electrons. The zero-order valence-corrected chi connectivity index (χ0v) is 20.8. The Hall–Kier alpha value is -3.54. The molecule has 0 unspecified atom stereocenters. The van der Waals surface area contributed by atoms with Gasteiger partial charge in [0.05, 0.1) is 26.7 Å². The number of ether oxygens (including phenoxy) is 3. The lowest BCUT2D eigenvalue weighted by molar-refractivity contribution is -0.145. The van der Waals surface area contributed by atoms with Crippen LogP contribution in [0.5, 0.6) is 11.5 Å². The van der Waals surface area contributed by atoms with Crippen molar-refractivity contribution in [3.05, 3.63) is 83.0 Å². The zero-order valence-electron chi connectivity index (χ0n) is 20.8. The van der Waals surface area contributed by atoms with E-state index in [1.807, 2.05) is 37.4 Å². The van der Waals surface area contributed by atoms with E-state index in [-0.39, 0.29) is 17.3 Å². The first kappa shape index (κ1) is 23.2. The monoisotopic (exact) mass is 472 g/mol. The van der Waals surface area contributed by atoms with Crippen molar-refractivity contribution >= 4 is 11.8 Å². The maximum absolute atomic E-state index is 12.4. The highest BCUT2D eigenvalue weighted by Gasteiger charge is 2.70. The van der Waals surface area contributed by atoms with Gasteiger partial charge in [-0.05, 0) is 71.8 Å². The van der Waals surface area contributed by atoms with Crippen LogP contribution in [-0.2, 0) is 34.5 Å². The number of nitrogens with zero attached hydrogens (tertiary/aromatic N) is 2. The first-order chi connectivity index (χ1) is 17.0. The van der Waals surface area contributed by atoms with Gasteiger partial charge in [-0.25, -0.2) is 4.98 Å². The fourth-order valence-electron chi connectivity index (χ4n) is 5.61. The molecular weight excluding hydrogens is 440 g/mol. The number of methoxy groups -OCH3 is 2. The lowest BCUT2D eigenvalue weighted by atomic mass is 9.95. The summed E-state index contributed by atoms with van der Waals surface area (Å²) in [6, 6.07) is 18.5.